The number of aromatic nitrogens is 2. The molecule has 7 heteroatoms. The molecule has 1 aliphatic rings. The maximum Gasteiger partial charge on any atom is 0.145 e. The smallest absolute Gasteiger partial charge is 0.145 e. The summed E-state index contributed by atoms with van der Waals surface area (Å²) in [6, 6.07) is 4.08. The molecular formula is C13H17Cl2N3S2. The first kappa shape index (κ1) is 17.6. The Morgan fingerprint density at radius 3 is 2.95 bits per heavy atom. The van der Waals surface area contributed by atoms with E-state index in [2.05, 4.69) is 22.6 Å². The van der Waals surface area contributed by atoms with Crippen LogP contribution in [0.25, 0.3) is 10.7 Å². The second-order valence-corrected chi connectivity index (χ2v) is 6.08. The first-order valence-corrected chi connectivity index (χ1v) is 8.15. The van der Waals surface area contributed by atoms with Gasteiger partial charge in [0.15, 0.2) is 0 Å². The van der Waals surface area contributed by atoms with Crippen molar-refractivity contribution in [2.75, 3.05) is 18.1 Å². The summed E-state index contributed by atoms with van der Waals surface area (Å²) >= 11 is 3.46. The molecule has 0 bridgehead atoms. The van der Waals surface area contributed by atoms with E-state index < -0.39 is 0 Å². The van der Waals surface area contributed by atoms with Crippen molar-refractivity contribution >= 4 is 52.9 Å². The third-order valence-electron chi connectivity index (χ3n) is 3.02. The largest absolute Gasteiger partial charge is 0.375 e. The molecule has 3 nitrogen and oxygen atoms in total. The van der Waals surface area contributed by atoms with Gasteiger partial charge in [0, 0.05) is 17.6 Å². The van der Waals surface area contributed by atoms with Gasteiger partial charge in [-0.1, -0.05) is 11.3 Å². The molecule has 0 aromatic carbocycles. The molecule has 0 spiro atoms. The fourth-order valence-electron chi connectivity index (χ4n) is 2.10. The van der Waals surface area contributed by atoms with Gasteiger partial charge in [-0.2, -0.15) is 0 Å². The Hall–Kier alpha value is -0.490. The molecule has 0 unspecified atom stereocenters. The van der Waals surface area contributed by atoms with Crippen molar-refractivity contribution in [3.63, 3.8) is 0 Å². The van der Waals surface area contributed by atoms with Gasteiger partial charge in [-0.15, -0.1) is 36.6 Å². The number of thioether (sulfide) groups is 1. The highest BCUT2D eigenvalue weighted by atomic mass is 35.5. The topological polar surface area (TPSA) is 37.8 Å². The summed E-state index contributed by atoms with van der Waals surface area (Å²) in [4.78, 5) is 10.5. The normalized spacial score (nSPS) is 13.2. The van der Waals surface area contributed by atoms with Crippen molar-refractivity contribution in [1.82, 2.24) is 9.97 Å². The molecule has 1 aliphatic heterocycles. The van der Waals surface area contributed by atoms with E-state index in [0.717, 1.165) is 23.7 Å². The average Bonchev–Trinajstić information content (AvgIpc) is 2.70. The van der Waals surface area contributed by atoms with Crippen LogP contribution in [-0.4, -0.2) is 22.8 Å². The zero-order chi connectivity index (χ0) is 12.4. The van der Waals surface area contributed by atoms with Crippen molar-refractivity contribution < 1.29 is 0 Å². The zero-order valence-corrected chi connectivity index (χ0v) is 14.4. The number of halogens is 2. The molecular weight excluding hydrogens is 333 g/mol. The summed E-state index contributed by atoms with van der Waals surface area (Å²) < 4.78 is 0. The van der Waals surface area contributed by atoms with Gasteiger partial charge >= 0.3 is 0 Å². The first-order valence-electron chi connectivity index (χ1n) is 6.11. The summed E-state index contributed by atoms with van der Waals surface area (Å²) in [5.41, 5.74) is 2.23. The average molecular weight is 350 g/mol. The van der Waals surface area contributed by atoms with Crippen LogP contribution in [0.3, 0.4) is 0 Å². The van der Waals surface area contributed by atoms with Crippen LogP contribution < -0.4 is 5.32 Å². The lowest BCUT2D eigenvalue weighted by molar-refractivity contribution is 0.775. The van der Waals surface area contributed by atoms with Crippen LogP contribution in [0.15, 0.2) is 23.2 Å². The minimum absolute atomic E-state index is 0. The third kappa shape index (κ3) is 3.58. The molecule has 2 aromatic rings. The summed E-state index contributed by atoms with van der Waals surface area (Å²) in [5, 5.41) is 5.75. The maximum absolute atomic E-state index is 4.77. The van der Waals surface area contributed by atoms with Crippen LogP contribution in [0.5, 0.6) is 0 Å². The zero-order valence-electron chi connectivity index (χ0n) is 11.1. The summed E-state index contributed by atoms with van der Waals surface area (Å²) in [5.74, 6) is 0. The van der Waals surface area contributed by atoms with E-state index >= 15 is 0 Å². The molecule has 3 heterocycles. The highest BCUT2D eigenvalue weighted by Crippen LogP contribution is 2.36. The molecule has 20 heavy (non-hydrogen) atoms. The number of nitrogens with zero attached hydrogens (tertiary/aromatic N) is 2. The Kier molecular flexibility index (Phi) is 7.09. The van der Waals surface area contributed by atoms with Crippen molar-refractivity contribution in [3.8, 4) is 10.7 Å². The standard InChI is InChI=1S/C13H15N3S2.2ClH/c1-17-10-6-4-8-14-11(10)13-16-9-5-2-3-7-15-12(9)18-13;;/h4,6,8,15H,2-3,5,7H2,1H3;2*1H. The Morgan fingerprint density at radius 2 is 2.15 bits per heavy atom. The number of rotatable bonds is 2. The Balaban J connectivity index is 0.000001000. The second kappa shape index (κ2) is 8.08. The second-order valence-electron chi connectivity index (χ2n) is 4.23. The van der Waals surface area contributed by atoms with E-state index in [9.17, 15) is 0 Å². The fraction of sp³-hybridized carbons (Fsp3) is 0.385. The first-order chi connectivity index (χ1) is 8.88. The lowest BCUT2D eigenvalue weighted by Gasteiger charge is -2.02. The predicted molar refractivity (Wildman–Crippen MR) is 93.0 cm³/mol. The number of aryl methyl sites for hydroxylation is 1. The molecule has 0 saturated heterocycles. The summed E-state index contributed by atoms with van der Waals surface area (Å²) in [6.45, 7) is 1.06. The third-order valence-corrected chi connectivity index (χ3v) is 4.85. The molecule has 0 fully saturated rings. The molecule has 0 radical (unpaired) electrons. The van der Waals surface area contributed by atoms with Gasteiger partial charge in [-0.25, -0.2) is 4.98 Å². The van der Waals surface area contributed by atoms with Gasteiger partial charge in [-0.3, -0.25) is 4.98 Å². The highest BCUT2D eigenvalue weighted by molar-refractivity contribution is 7.98. The van der Waals surface area contributed by atoms with Crippen molar-refractivity contribution in [3.05, 3.63) is 24.0 Å². The number of fused-ring (bicyclic) bond motifs is 1. The predicted octanol–water partition coefficient (Wildman–Crippen LogP) is 4.52. The Bertz CT molecular complexity index is 537. The number of nitrogens with one attached hydrogen (secondary N) is 1. The molecule has 110 valence electrons. The van der Waals surface area contributed by atoms with Crippen LogP contribution in [-0.2, 0) is 6.42 Å². The Morgan fingerprint density at radius 1 is 1.30 bits per heavy atom. The minimum atomic E-state index is 0. The van der Waals surface area contributed by atoms with E-state index in [0.29, 0.717) is 0 Å². The number of anilines is 1. The van der Waals surface area contributed by atoms with Gasteiger partial charge < -0.3 is 5.32 Å². The van der Waals surface area contributed by atoms with E-state index in [1.807, 2.05) is 12.3 Å². The molecule has 0 atom stereocenters. The lowest BCUT2D eigenvalue weighted by Crippen LogP contribution is -1.96. The van der Waals surface area contributed by atoms with E-state index in [4.69, 9.17) is 4.98 Å². The molecule has 1 N–H and O–H groups in total. The van der Waals surface area contributed by atoms with Crippen LogP contribution in [0.2, 0.25) is 0 Å². The summed E-state index contributed by atoms with van der Waals surface area (Å²) in [7, 11) is 0. The van der Waals surface area contributed by atoms with Crippen LogP contribution in [0, 0.1) is 0 Å². The monoisotopic (exact) mass is 349 g/mol. The number of hydrogen-bond acceptors (Lipinski definition) is 5. The van der Waals surface area contributed by atoms with Gasteiger partial charge in [0.1, 0.15) is 15.7 Å². The minimum Gasteiger partial charge on any atom is -0.375 e. The van der Waals surface area contributed by atoms with Crippen molar-refractivity contribution in [2.24, 2.45) is 0 Å². The van der Waals surface area contributed by atoms with Crippen molar-refractivity contribution in [2.45, 2.75) is 24.2 Å². The van der Waals surface area contributed by atoms with Gasteiger partial charge in [0.25, 0.3) is 0 Å². The quantitative estimate of drug-likeness (QED) is 0.808. The molecule has 0 amide bonds. The van der Waals surface area contributed by atoms with Crippen molar-refractivity contribution in [1.29, 1.82) is 0 Å². The number of hydrogen-bond donors (Lipinski definition) is 1. The van der Waals surface area contributed by atoms with Gasteiger partial charge in [-0.05, 0) is 37.7 Å². The molecule has 2 aromatic heterocycles. The van der Waals surface area contributed by atoms with E-state index in [-0.39, 0.29) is 24.8 Å². The number of pyridine rings is 1. The lowest BCUT2D eigenvalue weighted by atomic mass is 10.2. The van der Waals surface area contributed by atoms with Crippen LogP contribution >= 0.6 is 47.9 Å². The fourth-order valence-corrected chi connectivity index (χ4v) is 3.77. The van der Waals surface area contributed by atoms with Crippen LogP contribution in [0.4, 0.5) is 5.00 Å². The number of thiazole rings is 1. The van der Waals surface area contributed by atoms with Gasteiger partial charge in [0.05, 0.1) is 5.69 Å². The molecule has 3 rings (SSSR count). The van der Waals surface area contributed by atoms with E-state index in [1.54, 1.807) is 23.1 Å². The van der Waals surface area contributed by atoms with E-state index in [1.165, 1.54) is 28.4 Å². The Labute approximate surface area is 139 Å². The molecule has 0 aliphatic carbocycles. The highest BCUT2D eigenvalue weighted by Gasteiger charge is 2.17. The van der Waals surface area contributed by atoms with Crippen LogP contribution in [0.1, 0.15) is 18.5 Å². The van der Waals surface area contributed by atoms with Gasteiger partial charge in [0.2, 0.25) is 0 Å². The maximum atomic E-state index is 4.77. The molecule has 0 saturated carbocycles. The SMILES string of the molecule is CSc1cccnc1-c1nc2c(s1)NCCCC2.Cl.Cl. The summed E-state index contributed by atoms with van der Waals surface area (Å²) in [6.07, 6.45) is 7.46.